The zero-order valence-electron chi connectivity index (χ0n) is 8.91. The van der Waals surface area contributed by atoms with Crippen molar-refractivity contribution < 1.29 is 5.11 Å². The van der Waals surface area contributed by atoms with Gasteiger partial charge < -0.3 is 5.11 Å². The molecule has 2 unspecified atom stereocenters. The predicted molar refractivity (Wildman–Crippen MR) is 59.1 cm³/mol. The minimum Gasteiger partial charge on any atom is -0.508 e. The molecule has 1 rings (SSSR count). The van der Waals surface area contributed by atoms with Gasteiger partial charge in [-0.05, 0) is 30.5 Å². The molecule has 0 radical (unpaired) electrons. The lowest BCUT2D eigenvalue weighted by Crippen LogP contribution is -2.03. The first-order valence-corrected chi connectivity index (χ1v) is 4.86. The standard InChI is InChI=1S/C13H16O/c1-4-5-10(2)11(3)12-6-8-13(14)9-7-12/h6-11,14H,1-3H3. The van der Waals surface area contributed by atoms with Crippen LogP contribution in [0.25, 0.3) is 0 Å². The zero-order chi connectivity index (χ0) is 10.6. The molecule has 1 nitrogen and oxygen atoms in total. The summed E-state index contributed by atoms with van der Waals surface area (Å²) in [6.07, 6.45) is 0. The Labute approximate surface area is 85.8 Å². The van der Waals surface area contributed by atoms with Gasteiger partial charge in [0.15, 0.2) is 0 Å². The van der Waals surface area contributed by atoms with Gasteiger partial charge in [0.25, 0.3) is 0 Å². The van der Waals surface area contributed by atoms with Crippen molar-refractivity contribution >= 4 is 0 Å². The van der Waals surface area contributed by atoms with Gasteiger partial charge in [0.05, 0.1) is 0 Å². The SMILES string of the molecule is CC#CC(C)C(C)c1ccc(O)cc1. The van der Waals surface area contributed by atoms with Crippen LogP contribution >= 0.6 is 0 Å². The average Bonchev–Trinajstić information content (AvgIpc) is 2.18. The molecule has 1 heteroatoms. The van der Waals surface area contributed by atoms with Crippen molar-refractivity contribution in [2.45, 2.75) is 26.7 Å². The van der Waals surface area contributed by atoms with E-state index in [1.165, 1.54) is 5.56 Å². The van der Waals surface area contributed by atoms with Crippen LogP contribution in [-0.2, 0) is 0 Å². The van der Waals surface area contributed by atoms with Crippen molar-refractivity contribution in [3.8, 4) is 17.6 Å². The van der Waals surface area contributed by atoms with Crippen molar-refractivity contribution in [3.05, 3.63) is 29.8 Å². The van der Waals surface area contributed by atoms with E-state index in [-0.39, 0.29) is 0 Å². The number of rotatable bonds is 2. The van der Waals surface area contributed by atoms with Crippen LogP contribution in [0.2, 0.25) is 0 Å². The summed E-state index contributed by atoms with van der Waals surface area (Å²) in [6.45, 7) is 6.13. The lowest BCUT2D eigenvalue weighted by molar-refractivity contribution is 0.474. The maximum atomic E-state index is 9.15. The van der Waals surface area contributed by atoms with Crippen LogP contribution in [-0.4, -0.2) is 5.11 Å². The molecule has 0 aromatic heterocycles. The highest BCUT2D eigenvalue weighted by Gasteiger charge is 2.11. The van der Waals surface area contributed by atoms with E-state index in [1.807, 2.05) is 19.1 Å². The molecule has 2 atom stereocenters. The molecule has 0 aliphatic heterocycles. The number of aromatic hydroxyl groups is 1. The van der Waals surface area contributed by atoms with Crippen molar-refractivity contribution in [3.63, 3.8) is 0 Å². The van der Waals surface area contributed by atoms with Crippen molar-refractivity contribution in [2.24, 2.45) is 5.92 Å². The minimum absolute atomic E-state index is 0.315. The Kier molecular flexibility index (Phi) is 3.59. The third-order valence-electron chi connectivity index (χ3n) is 2.54. The molecule has 0 saturated heterocycles. The molecule has 0 fully saturated rings. The Morgan fingerprint density at radius 3 is 2.21 bits per heavy atom. The molecule has 0 bridgehead atoms. The summed E-state index contributed by atoms with van der Waals surface area (Å²) in [5.41, 5.74) is 1.22. The molecule has 0 aliphatic carbocycles. The van der Waals surface area contributed by atoms with Gasteiger partial charge in [-0.2, -0.15) is 0 Å². The van der Waals surface area contributed by atoms with Gasteiger partial charge in [0.1, 0.15) is 5.75 Å². The number of hydrogen-bond donors (Lipinski definition) is 1. The van der Waals surface area contributed by atoms with Crippen LogP contribution in [0.5, 0.6) is 5.75 Å². The molecular weight excluding hydrogens is 172 g/mol. The monoisotopic (exact) mass is 188 g/mol. The second-order valence-corrected chi connectivity index (χ2v) is 3.56. The average molecular weight is 188 g/mol. The Morgan fingerprint density at radius 2 is 1.71 bits per heavy atom. The fourth-order valence-corrected chi connectivity index (χ4v) is 1.42. The molecular formula is C13H16O. The van der Waals surface area contributed by atoms with Gasteiger partial charge in [-0.25, -0.2) is 0 Å². The maximum Gasteiger partial charge on any atom is 0.115 e. The summed E-state index contributed by atoms with van der Waals surface area (Å²) < 4.78 is 0. The van der Waals surface area contributed by atoms with Crippen LogP contribution in [0.3, 0.4) is 0 Å². The Bertz CT molecular complexity index is 340. The lowest BCUT2D eigenvalue weighted by atomic mass is 9.89. The Balaban J connectivity index is 2.82. The molecule has 0 saturated carbocycles. The fraction of sp³-hybridized carbons (Fsp3) is 0.385. The van der Waals surface area contributed by atoms with E-state index in [4.69, 9.17) is 5.11 Å². The third-order valence-corrected chi connectivity index (χ3v) is 2.54. The topological polar surface area (TPSA) is 20.2 Å². The fourth-order valence-electron chi connectivity index (χ4n) is 1.42. The van der Waals surface area contributed by atoms with Crippen LogP contribution in [0.15, 0.2) is 24.3 Å². The van der Waals surface area contributed by atoms with Gasteiger partial charge in [-0.1, -0.05) is 31.9 Å². The molecule has 1 aromatic carbocycles. The lowest BCUT2D eigenvalue weighted by Gasteiger charge is -2.15. The highest BCUT2D eigenvalue weighted by molar-refractivity contribution is 5.29. The van der Waals surface area contributed by atoms with Gasteiger partial charge in [-0.3, -0.25) is 0 Å². The first-order chi connectivity index (χ1) is 6.65. The molecule has 0 aliphatic rings. The van der Waals surface area contributed by atoms with Gasteiger partial charge in [0.2, 0.25) is 0 Å². The molecule has 0 heterocycles. The first-order valence-electron chi connectivity index (χ1n) is 4.86. The minimum atomic E-state index is 0.315. The number of benzene rings is 1. The second-order valence-electron chi connectivity index (χ2n) is 3.56. The van der Waals surface area contributed by atoms with E-state index in [0.29, 0.717) is 17.6 Å². The van der Waals surface area contributed by atoms with E-state index in [9.17, 15) is 0 Å². The van der Waals surface area contributed by atoms with E-state index < -0.39 is 0 Å². The normalized spacial score (nSPS) is 13.9. The van der Waals surface area contributed by atoms with Crippen LogP contribution < -0.4 is 0 Å². The molecule has 0 spiro atoms. The summed E-state index contributed by atoms with van der Waals surface area (Å²) in [6, 6.07) is 7.34. The number of hydrogen-bond acceptors (Lipinski definition) is 1. The van der Waals surface area contributed by atoms with Crippen LogP contribution in [0.4, 0.5) is 0 Å². The highest BCUT2D eigenvalue weighted by Crippen LogP contribution is 2.24. The molecule has 1 N–H and O–H groups in total. The predicted octanol–water partition coefficient (Wildman–Crippen LogP) is 3.16. The smallest absolute Gasteiger partial charge is 0.115 e. The molecule has 0 amide bonds. The summed E-state index contributed by atoms with van der Waals surface area (Å²) >= 11 is 0. The molecule has 1 aromatic rings. The quantitative estimate of drug-likeness (QED) is 0.707. The highest BCUT2D eigenvalue weighted by atomic mass is 16.3. The van der Waals surface area contributed by atoms with Gasteiger partial charge in [-0.15, -0.1) is 5.92 Å². The summed E-state index contributed by atoms with van der Waals surface area (Å²) in [7, 11) is 0. The van der Waals surface area contributed by atoms with Crippen molar-refractivity contribution in [1.29, 1.82) is 0 Å². The van der Waals surface area contributed by atoms with E-state index in [1.54, 1.807) is 12.1 Å². The van der Waals surface area contributed by atoms with Crippen molar-refractivity contribution in [1.82, 2.24) is 0 Å². The van der Waals surface area contributed by atoms with Crippen LogP contribution in [0, 0.1) is 17.8 Å². The van der Waals surface area contributed by atoms with E-state index >= 15 is 0 Å². The first kappa shape index (κ1) is 10.7. The third kappa shape index (κ3) is 2.53. The van der Waals surface area contributed by atoms with Gasteiger partial charge >= 0.3 is 0 Å². The molecule has 74 valence electrons. The van der Waals surface area contributed by atoms with E-state index in [0.717, 1.165) is 0 Å². The van der Waals surface area contributed by atoms with Crippen LogP contribution in [0.1, 0.15) is 32.3 Å². The largest absolute Gasteiger partial charge is 0.508 e. The second kappa shape index (κ2) is 4.72. The van der Waals surface area contributed by atoms with E-state index in [2.05, 4.69) is 25.7 Å². The summed E-state index contributed by atoms with van der Waals surface area (Å²) in [5.74, 6) is 7.15. The Morgan fingerprint density at radius 1 is 1.14 bits per heavy atom. The summed E-state index contributed by atoms with van der Waals surface area (Å²) in [5, 5.41) is 9.15. The Hall–Kier alpha value is -1.42. The zero-order valence-corrected chi connectivity index (χ0v) is 8.91. The summed E-state index contributed by atoms with van der Waals surface area (Å²) in [4.78, 5) is 0. The van der Waals surface area contributed by atoms with Gasteiger partial charge in [0, 0.05) is 5.92 Å². The molecule has 14 heavy (non-hydrogen) atoms. The van der Waals surface area contributed by atoms with Crippen molar-refractivity contribution in [2.75, 3.05) is 0 Å². The number of phenols is 1. The number of phenolic OH excluding ortho intramolecular Hbond substituents is 1. The maximum absolute atomic E-state index is 9.15.